The van der Waals surface area contributed by atoms with Crippen molar-refractivity contribution >= 4 is 31.9 Å². The third kappa shape index (κ3) is 2.40. The average Bonchev–Trinajstić information content (AvgIpc) is 2.18. The zero-order valence-corrected chi connectivity index (χ0v) is 11.3. The van der Waals surface area contributed by atoms with Gasteiger partial charge in [0.15, 0.2) is 0 Å². The molecule has 0 saturated carbocycles. The molecule has 76 valence electrons. The second kappa shape index (κ2) is 4.80. The summed E-state index contributed by atoms with van der Waals surface area (Å²) < 4.78 is 2.58. The van der Waals surface area contributed by atoms with E-state index in [-0.39, 0.29) is 0 Å². The minimum Gasteiger partial charge on any atom is -0.0530 e. The van der Waals surface area contributed by atoms with Crippen LogP contribution in [0, 0.1) is 0 Å². The molecule has 0 atom stereocenters. The third-order valence-corrected chi connectivity index (χ3v) is 4.33. The van der Waals surface area contributed by atoms with Crippen molar-refractivity contribution in [3.63, 3.8) is 0 Å². The number of aryl methyl sites for hydroxylation is 2. The van der Waals surface area contributed by atoms with Gasteiger partial charge in [-0.15, -0.1) is 0 Å². The van der Waals surface area contributed by atoms with Crippen molar-refractivity contribution < 1.29 is 0 Å². The van der Waals surface area contributed by atoms with Gasteiger partial charge in [0.2, 0.25) is 0 Å². The number of halogens is 2. The topological polar surface area (TPSA) is 0 Å². The molecular formula is C12H14Br2. The van der Waals surface area contributed by atoms with Gasteiger partial charge < -0.3 is 0 Å². The van der Waals surface area contributed by atoms with Gasteiger partial charge in [0.1, 0.15) is 0 Å². The summed E-state index contributed by atoms with van der Waals surface area (Å²) in [5.74, 6) is 0. The minimum absolute atomic E-state index is 1.21. The SMILES string of the molecule is Brc1cc2c(Br)cc1CCCCCC2. The highest BCUT2D eigenvalue weighted by atomic mass is 79.9. The van der Waals surface area contributed by atoms with E-state index in [0.29, 0.717) is 0 Å². The number of fused-ring (bicyclic) bond motifs is 7. The Balaban J connectivity index is 2.39. The maximum atomic E-state index is 3.66. The molecule has 0 N–H and O–H groups in total. The highest BCUT2D eigenvalue weighted by Crippen LogP contribution is 2.29. The van der Waals surface area contributed by atoms with Crippen molar-refractivity contribution in [2.24, 2.45) is 0 Å². The normalized spacial score (nSPS) is 17.0. The van der Waals surface area contributed by atoms with E-state index in [2.05, 4.69) is 44.0 Å². The zero-order chi connectivity index (χ0) is 9.97. The molecule has 0 spiro atoms. The van der Waals surface area contributed by atoms with Crippen LogP contribution in [-0.2, 0) is 12.8 Å². The molecule has 0 aromatic heterocycles. The molecule has 0 heterocycles. The number of rotatable bonds is 0. The van der Waals surface area contributed by atoms with Gasteiger partial charge in [-0.3, -0.25) is 0 Å². The summed E-state index contributed by atoms with van der Waals surface area (Å²) in [7, 11) is 0. The van der Waals surface area contributed by atoms with E-state index in [0.717, 1.165) is 0 Å². The zero-order valence-electron chi connectivity index (χ0n) is 8.15. The molecule has 0 unspecified atom stereocenters. The first-order valence-electron chi connectivity index (χ1n) is 5.24. The van der Waals surface area contributed by atoms with Crippen molar-refractivity contribution in [3.05, 3.63) is 32.2 Å². The van der Waals surface area contributed by atoms with Crippen molar-refractivity contribution in [2.75, 3.05) is 0 Å². The second-order valence-corrected chi connectivity index (χ2v) is 5.66. The molecule has 2 bridgehead atoms. The van der Waals surface area contributed by atoms with Crippen LogP contribution >= 0.6 is 31.9 Å². The van der Waals surface area contributed by atoms with Gasteiger partial charge >= 0.3 is 0 Å². The Morgan fingerprint density at radius 2 is 1.14 bits per heavy atom. The lowest BCUT2D eigenvalue weighted by Gasteiger charge is -2.13. The van der Waals surface area contributed by atoms with Crippen LogP contribution in [0.3, 0.4) is 0 Å². The predicted molar refractivity (Wildman–Crippen MR) is 67.7 cm³/mol. The fourth-order valence-electron chi connectivity index (χ4n) is 2.00. The molecule has 2 aliphatic rings. The van der Waals surface area contributed by atoms with Gasteiger partial charge in [-0.25, -0.2) is 0 Å². The lowest BCUT2D eigenvalue weighted by atomic mass is 9.98. The summed E-state index contributed by atoms with van der Waals surface area (Å²) in [6.07, 6.45) is 7.82. The lowest BCUT2D eigenvalue weighted by Crippen LogP contribution is -1.96. The van der Waals surface area contributed by atoms with Crippen LogP contribution in [0.4, 0.5) is 0 Å². The third-order valence-electron chi connectivity index (χ3n) is 2.86. The Kier molecular flexibility index (Phi) is 3.67. The summed E-state index contributed by atoms with van der Waals surface area (Å²) in [5.41, 5.74) is 2.89. The van der Waals surface area contributed by atoms with Crippen molar-refractivity contribution in [2.45, 2.75) is 38.5 Å². The van der Waals surface area contributed by atoms with Gasteiger partial charge in [0.05, 0.1) is 0 Å². The first-order chi connectivity index (χ1) is 6.77. The van der Waals surface area contributed by atoms with E-state index in [1.54, 1.807) is 0 Å². The van der Waals surface area contributed by atoms with Crippen LogP contribution in [0.5, 0.6) is 0 Å². The molecule has 14 heavy (non-hydrogen) atoms. The van der Waals surface area contributed by atoms with Gasteiger partial charge in [-0.2, -0.15) is 0 Å². The first-order valence-corrected chi connectivity index (χ1v) is 6.83. The van der Waals surface area contributed by atoms with E-state index in [1.807, 2.05) is 0 Å². The van der Waals surface area contributed by atoms with Crippen molar-refractivity contribution in [1.82, 2.24) is 0 Å². The van der Waals surface area contributed by atoms with E-state index in [4.69, 9.17) is 0 Å². The highest BCUT2D eigenvalue weighted by molar-refractivity contribution is 9.11. The van der Waals surface area contributed by atoms with E-state index >= 15 is 0 Å². The molecule has 2 aliphatic carbocycles. The van der Waals surface area contributed by atoms with Crippen LogP contribution in [-0.4, -0.2) is 0 Å². The van der Waals surface area contributed by atoms with E-state index < -0.39 is 0 Å². The monoisotopic (exact) mass is 316 g/mol. The van der Waals surface area contributed by atoms with Crippen molar-refractivity contribution in [3.8, 4) is 0 Å². The van der Waals surface area contributed by atoms with E-state index in [9.17, 15) is 0 Å². The maximum absolute atomic E-state index is 3.66. The molecule has 0 fully saturated rings. The van der Waals surface area contributed by atoms with Crippen LogP contribution in [0.2, 0.25) is 0 Å². The Bertz CT molecular complexity index is 298. The molecular weight excluding hydrogens is 304 g/mol. The standard InChI is InChI=1S/C12H14Br2/c13-11-8-10-6-4-2-1-3-5-9(11)7-12(10)14/h7-8H,1-6H2. The van der Waals surface area contributed by atoms with Crippen LogP contribution < -0.4 is 0 Å². The van der Waals surface area contributed by atoms with Crippen LogP contribution in [0.1, 0.15) is 36.8 Å². The Morgan fingerprint density at radius 3 is 1.57 bits per heavy atom. The summed E-state index contributed by atoms with van der Waals surface area (Å²) in [6.45, 7) is 0. The number of benzene rings is 1. The first kappa shape index (κ1) is 10.7. The number of hydrogen-bond acceptors (Lipinski definition) is 0. The fourth-order valence-corrected chi connectivity index (χ4v) is 3.17. The summed E-state index contributed by atoms with van der Waals surface area (Å²) >= 11 is 7.31. The molecule has 0 nitrogen and oxygen atoms in total. The van der Waals surface area contributed by atoms with Gasteiger partial charge in [0, 0.05) is 8.95 Å². The Morgan fingerprint density at radius 1 is 0.714 bits per heavy atom. The molecule has 0 saturated heterocycles. The molecule has 3 rings (SSSR count). The highest BCUT2D eigenvalue weighted by Gasteiger charge is 2.08. The maximum Gasteiger partial charge on any atom is 0.0210 e. The Hall–Kier alpha value is 0.180. The number of hydrogen-bond donors (Lipinski definition) is 0. The molecule has 2 heteroatoms. The average molecular weight is 318 g/mol. The van der Waals surface area contributed by atoms with Crippen LogP contribution in [0.15, 0.2) is 21.1 Å². The summed E-state index contributed by atoms with van der Waals surface area (Å²) in [6, 6.07) is 4.56. The molecule has 0 amide bonds. The predicted octanol–water partition coefficient (Wildman–Crippen LogP) is 4.87. The van der Waals surface area contributed by atoms with Crippen molar-refractivity contribution in [1.29, 1.82) is 0 Å². The van der Waals surface area contributed by atoms with Gasteiger partial charge in [-0.1, -0.05) is 44.7 Å². The molecule has 0 radical (unpaired) electrons. The van der Waals surface area contributed by atoms with Crippen LogP contribution in [0.25, 0.3) is 0 Å². The quantitative estimate of drug-likeness (QED) is 0.640. The Labute approximate surface area is 102 Å². The van der Waals surface area contributed by atoms with Gasteiger partial charge in [0.25, 0.3) is 0 Å². The second-order valence-electron chi connectivity index (χ2n) is 3.95. The fraction of sp³-hybridized carbons (Fsp3) is 0.500. The lowest BCUT2D eigenvalue weighted by molar-refractivity contribution is 0.633. The smallest absolute Gasteiger partial charge is 0.0210 e. The minimum atomic E-state index is 1.21. The molecule has 0 aliphatic heterocycles. The largest absolute Gasteiger partial charge is 0.0530 e. The summed E-state index contributed by atoms with van der Waals surface area (Å²) in [5, 5.41) is 0. The molecule has 1 aromatic carbocycles. The van der Waals surface area contributed by atoms with Gasteiger partial charge in [-0.05, 0) is 48.9 Å². The summed E-state index contributed by atoms with van der Waals surface area (Å²) in [4.78, 5) is 0. The molecule has 1 aromatic rings. The van der Waals surface area contributed by atoms with E-state index in [1.165, 1.54) is 58.6 Å².